The summed E-state index contributed by atoms with van der Waals surface area (Å²) in [7, 11) is 1.60. The van der Waals surface area contributed by atoms with Gasteiger partial charge in [0.25, 0.3) is 0 Å². The average molecular weight is 370 g/mol. The molecule has 130 valence electrons. The Morgan fingerprint density at radius 1 is 1.54 bits per heavy atom. The first-order chi connectivity index (χ1) is 11.4. The van der Waals surface area contributed by atoms with Gasteiger partial charge in [0.05, 0.1) is 12.6 Å². The molecule has 2 amide bonds. The third-order valence-corrected chi connectivity index (χ3v) is 4.85. The van der Waals surface area contributed by atoms with Gasteiger partial charge in [-0.15, -0.1) is 0 Å². The highest BCUT2D eigenvalue weighted by Crippen LogP contribution is 2.24. The number of amidine groups is 1. The Hall–Kier alpha value is -1.57. The van der Waals surface area contributed by atoms with Crippen LogP contribution in [0.25, 0.3) is 0 Å². The molecule has 24 heavy (non-hydrogen) atoms. The lowest BCUT2D eigenvalue weighted by Crippen LogP contribution is -2.28. The number of nitrogens with one attached hydrogen (secondary N) is 2. The van der Waals surface area contributed by atoms with Crippen LogP contribution in [-0.4, -0.2) is 42.0 Å². The molecule has 1 fully saturated rings. The van der Waals surface area contributed by atoms with Crippen LogP contribution in [0.3, 0.4) is 0 Å². The fourth-order valence-corrected chi connectivity index (χ4v) is 3.38. The normalized spacial score (nSPS) is 20.1. The van der Waals surface area contributed by atoms with Crippen LogP contribution in [0.15, 0.2) is 23.2 Å². The highest BCUT2D eigenvalue weighted by atomic mass is 35.5. The molecule has 0 radical (unpaired) electrons. The van der Waals surface area contributed by atoms with E-state index in [9.17, 15) is 9.59 Å². The lowest BCUT2D eigenvalue weighted by atomic mass is 10.2. The number of anilines is 1. The molecule has 1 aromatic rings. The van der Waals surface area contributed by atoms with E-state index in [-0.39, 0.29) is 24.3 Å². The van der Waals surface area contributed by atoms with Gasteiger partial charge >= 0.3 is 0 Å². The van der Waals surface area contributed by atoms with Crippen LogP contribution in [0, 0.1) is 6.92 Å². The topological polar surface area (TPSA) is 79.8 Å². The Kier molecular flexibility index (Phi) is 6.65. The first-order valence-corrected chi connectivity index (χ1v) is 8.75. The van der Waals surface area contributed by atoms with Gasteiger partial charge in [-0.1, -0.05) is 29.4 Å². The molecule has 0 unspecified atom stereocenters. The molecule has 0 aliphatic carbocycles. The van der Waals surface area contributed by atoms with Crippen LogP contribution in [-0.2, 0) is 14.3 Å². The molecular formula is C16H20ClN3O3S. The standard InChI is InChI=1S/C16H20ClN3O3S/c1-9-4-5-11(6-12(9)17)19-14(21)7-13-15(22)20-16(24-13)18-10(2)8-23-3/h4-6,10,13H,7-8H2,1-3H3,(H,19,21)(H,18,20,22)/t10-,13-/m0/s1. The Labute approximate surface area is 150 Å². The number of amides is 2. The van der Waals surface area contributed by atoms with Crippen LogP contribution in [0.4, 0.5) is 5.69 Å². The van der Waals surface area contributed by atoms with Crippen molar-refractivity contribution in [1.82, 2.24) is 5.32 Å². The van der Waals surface area contributed by atoms with Crippen molar-refractivity contribution in [2.75, 3.05) is 19.0 Å². The van der Waals surface area contributed by atoms with Gasteiger partial charge in [0.1, 0.15) is 5.25 Å². The van der Waals surface area contributed by atoms with E-state index in [1.165, 1.54) is 11.8 Å². The maximum atomic E-state index is 12.1. The Morgan fingerprint density at radius 2 is 2.29 bits per heavy atom. The number of aliphatic imine (C=N–C) groups is 1. The highest BCUT2D eigenvalue weighted by Gasteiger charge is 2.32. The van der Waals surface area contributed by atoms with Crippen molar-refractivity contribution in [2.45, 2.75) is 31.6 Å². The number of benzene rings is 1. The number of rotatable bonds is 6. The highest BCUT2D eigenvalue weighted by molar-refractivity contribution is 8.15. The van der Waals surface area contributed by atoms with Gasteiger partial charge in [0.2, 0.25) is 11.8 Å². The van der Waals surface area contributed by atoms with Gasteiger partial charge in [-0.05, 0) is 31.5 Å². The maximum absolute atomic E-state index is 12.1. The number of aryl methyl sites for hydroxylation is 1. The van der Waals surface area contributed by atoms with Crippen LogP contribution < -0.4 is 10.6 Å². The van der Waals surface area contributed by atoms with Gasteiger partial charge in [-0.3, -0.25) is 14.6 Å². The Balaban J connectivity index is 1.92. The monoisotopic (exact) mass is 369 g/mol. The van der Waals surface area contributed by atoms with Crippen LogP contribution in [0.5, 0.6) is 0 Å². The van der Waals surface area contributed by atoms with Crippen LogP contribution in [0.2, 0.25) is 5.02 Å². The quantitative estimate of drug-likeness (QED) is 0.807. The number of ether oxygens (including phenoxy) is 1. The minimum atomic E-state index is -0.487. The Bertz CT molecular complexity index is 666. The van der Waals surface area contributed by atoms with Crippen molar-refractivity contribution in [2.24, 2.45) is 4.99 Å². The van der Waals surface area contributed by atoms with Gasteiger partial charge in [0, 0.05) is 24.2 Å². The summed E-state index contributed by atoms with van der Waals surface area (Å²) in [6.07, 6.45) is 0.0691. The zero-order valence-corrected chi connectivity index (χ0v) is 15.3. The van der Waals surface area contributed by atoms with Crippen molar-refractivity contribution in [3.8, 4) is 0 Å². The van der Waals surface area contributed by atoms with E-state index in [1.54, 1.807) is 19.2 Å². The molecule has 0 saturated carbocycles. The number of methoxy groups -OCH3 is 1. The van der Waals surface area contributed by atoms with E-state index in [0.29, 0.717) is 22.5 Å². The predicted molar refractivity (Wildman–Crippen MR) is 97.7 cm³/mol. The number of halogens is 1. The van der Waals surface area contributed by atoms with E-state index in [0.717, 1.165) is 5.56 Å². The zero-order chi connectivity index (χ0) is 17.7. The fraction of sp³-hybridized carbons (Fsp3) is 0.438. The maximum Gasteiger partial charge on any atom is 0.240 e. The molecule has 0 aromatic heterocycles. The zero-order valence-electron chi connectivity index (χ0n) is 13.8. The van der Waals surface area contributed by atoms with Crippen molar-refractivity contribution in [3.63, 3.8) is 0 Å². The number of nitrogens with zero attached hydrogens (tertiary/aromatic N) is 1. The largest absolute Gasteiger partial charge is 0.382 e. The number of thioether (sulfide) groups is 1. The average Bonchev–Trinajstić information content (AvgIpc) is 2.82. The second kappa shape index (κ2) is 8.50. The van der Waals surface area contributed by atoms with Gasteiger partial charge < -0.3 is 15.4 Å². The number of hydrogen-bond acceptors (Lipinski definition) is 5. The van der Waals surface area contributed by atoms with Crippen molar-refractivity contribution >= 4 is 46.0 Å². The third kappa shape index (κ3) is 5.22. The molecule has 1 aliphatic heterocycles. The molecule has 2 N–H and O–H groups in total. The molecule has 8 heteroatoms. The van der Waals surface area contributed by atoms with E-state index in [2.05, 4.69) is 15.6 Å². The molecular weight excluding hydrogens is 350 g/mol. The fourth-order valence-electron chi connectivity index (χ4n) is 2.13. The molecule has 1 saturated heterocycles. The minimum absolute atomic E-state index is 0.0555. The summed E-state index contributed by atoms with van der Waals surface area (Å²) < 4.78 is 5.01. The number of carbonyl (C=O) groups is 2. The molecule has 1 aromatic carbocycles. The second-order valence-corrected chi connectivity index (χ2v) is 7.15. The van der Waals surface area contributed by atoms with Gasteiger partial charge in [-0.2, -0.15) is 0 Å². The van der Waals surface area contributed by atoms with E-state index in [1.807, 2.05) is 19.9 Å². The molecule has 1 heterocycles. The van der Waals surface area contributed by atoms with Gasteiger partial charge in [0.15, 0.2) is 5.17 Å². The molecule has 6 nitrogen and oxygen atoms in total. The number of hydrogen-bond donors (Lipinski definition) is 2. The van der Waals surface area contributed by atoms with E-state index >= 15 is 0 Å². The minimum Gasteiger partial charge on any atom is -0.382 e. The van der Waals surface area contributed by atoms with Crippen molar-refractivity contribution in [1.29, 1.82) is 0 Å². The molecule has 0 bridgehead atoms. The lowest BCUT2D eigenvalue weighted by molar-refractivity contribution is -0.122. The summed E-state index contributed by atoms with van der Waals surface area (Å²) in [6.45, 7) is 4.25. The first-order valence-electron chi connectivity index (χ1n) is 7.49. The van der Waals surface area contributed by atoms with Crippen LogP contribution in [0.1, 0.15) is 18.9 Å². The van der Waals surface area contributed by atoms with Crippen molar-refractivity contribution < 1.29 is 14.3 Å². The molecule has 0 spiro atoms. The summed E-state index contributed by atoms with van der Waals surface area (Å²) in [5.41, 5.74) is 1.55. The summed E-state index contributed by atoms with van der Waals surface area (Å²) in [5.74, 6) is -0.450. The molecule has 2 atom stereocenters. The molecule has 1 aliphatic rings. The van der Waals surface area contributed by atoms with E-state index < -0.39 is 5.25 Å². The summed E-state index contributed by atoms with van der Waals surface area (Å²) in [4.78, 5) is 28.5. The first kappa shape index (κ1) is 18.8. The van der Waals surface area contributed by atoms with Crippen LogP contribution >= 0.6 is 23.4 Å². The summed E-state index contributed by atoms with van der Waals surface area (Å²) >= 11 is 7.30. The van der Waals surface area contributed by atoms with Crippen molar-refractivity contribution in [3.05, 3.63) is 28.8 Å². The summed E-state index contributed by atoms with van der Waals surface area (Å²) in [6, 6.07) is 5.24. The third-order valence-electron chi connectivity index (χ3n) is 3.35. The predicted octanol–water partition coefficient (Wildman–Crippen LogP) is 2.60. The van der Waals surface area contributed by atoms with E-state index in [4.69, 9.17) is 16.3 Å². The SMILES string of the molecule is COC[C@H](C)N=C1NC(=O)[C@H](CC(=O)Nc2ccc(C)c(Cl)c2)S1. The second-order valence-electron chi connectivity index (χ2n) is 5.55. The Morgan fingerprint density at radius 3 is 2.96 bits per heavy atom. The molecule has 2 rings (SSSR count). The summed E-state index contributed by atoms with van der Waals surface area (Å²) in [5, 5.41) is 6.08. The lowest BCUT2D eigenvalue weighted by Gasteiger charge is -2.08. The number of carbonyl (C=O) groups excluding carboxylic acids is 2. The van der Waals surface area contributed by atoms with Gasteiger partial charge in [-0.25, -0.2) is 0 Å². The smallest absolute Gasteiger partial charge is 0.240 e.